The predicted molar refractivity (Wildman–Crippen MR) is 116 cm³/mol. The molecule has 6 heteroatoms. The van der Waals surface area contributed by atoms with Gasteiger partial charge in [-0.25, -0.2) is 0 Å². The van der Waals surface area contributed by atoms with Gasteiger partial charge in [0, 0.05) is 32.5 Å². The Labute approximate surface area is 172 Å². The molecule has 2 aromatic carbocycles. The van der Waals surface area contributed by atoms with E-state index in [4.69, 9.17) is 0 Å². The maximum absolute atomic E-state index is 4.36. The number of aliphatic imine (C=N–C) groups is 1. The van der Waals surface area contributed by atoms with E-state index in [9.17, 15) is 0 Å². The summed E-state index contributed by atoms with van der Waals surface area (Å²) < 4.78 is 2.21. The van der Waals surface area contributed by atoms with Crippen LogP contribution in [-0.2, 0) is 19.5 Å². The highest BCUT2D eigenvalue weighted by atomic mass is 15.3. The van der Waals surface area contributed by atoms with E-state index in [0.29, 0.717) is 12.5 Å². The second-order valence-electron chi connectivity index (χ2n) is 7.30. The Balaban J connectivity index is 1.35. The van der Waals surface area contributed by atoms with Gasteiger partial charge in [-0.2, -0.15) is 0 Å². The lowest BCUT2D eigenvalue weighted by atomic mass is 9.88. The average Bonchev–Trinajstić information content (AvgIpc) is 3.39. The minimum absolute atomic E-state index is 0.350. The zero-order chi connectivity index (χ0) is 19.9. The molecular formula is C23H28N6. The molecule has 1 aliphatic rings. The van der Waals surface area contributed by atoms with Gasteiger partial charge in [-0.05, 0) is 24.0 Å². The summed E-state index contributed by atoms with van der Waals surface area (Å²) in [6, 6.07) is 21.4. The van der Waals surface area contributed by atoms with Crippen molar-refractivity contribution < 1.29 is 0 Å². The van der Waals surface area contributed by atoms with Gasteiger partial charge in [0.2, 0.25) is 0 Å². The Bertz CT molecular complexity index is 893. The van der Waals surface area contributed by atoms with Gasteiger partial charge >= 0.3 is 0 Å². The summed E-state index contributed by atoms with van der Waals surface area (Å²) in [6.45, 7) is 2.47. The summed E-state index contributed by atoms with van der Waals surface area (Å²) in [5.74, 6) is 3.22. The topological polar surface area (TPSA) is 67.1 Å². The summed E-state index contributed by atoms with van der Waals surface area (Å²) >= 11 is 0. The summed E-state index contributed by atoms with van der Waals surface area (Å²) in [7, 11) is 1.80. The third kappa shape index (κ3) is 4.65. The highest BCUT2D eigenvalue weighted by Crippen LogP contribution is 2.27. The first kappa shape index (κ1) is 19.2. The Hall–Kier alpha value is -3.15. The lowest BCUT2D eigenvalue weighted by Crippen LogP contribution is -2.38. The van der Waals surface area contributed by atoms with Gasteiger partial charge in [-0.15, -0.1) is 10.2 Å². The van der Waals surface area contributed by atoms with Crippen LogP contribution in [0.15, 0.2) is 65.7 Å². The van der Waals surface area contributed by atoms with Crippen molar-refractivity contribution >= 4 is 5.96 Å². The smallest absolute Gasteiger partial charge is 0.191 e. The van der Waals surface area contributed by atoms with Crippen molar-refractivity contribution in [2.24, 2.45) is 4.99 Å². The summed E-state index contributed by atoms with van der Waals surface area (Å²) in [5, 5.41) is 15.4. The van der Waals surface area contributed by atoms with E-state index in [1.54, 1.807) is 7.05 Å². The van der Waals surface area contributed by atoms with E-state index in [2.05, 4.69) is 91.1 Å². The average molecular weight is 389 g/mol. The first-order chi connectivity index (χ1) is 14.3. The number of benzene rings is 2. The van der Waals surface area contributed by atoms with E-state index >= 15 is 0 Å². The first-order valence-electron chi connectivity index (χ1n) is 10.3. The molecular weight excluding hydrogens is 360 g/mol. The number of rotatable bonds is 7. The van der Waals surface area contributed by atoms with Gasteiger partial charge < -0.3 is 15.2 Å². The zero-order valence-corrected chi connectivity index (χ0v) is 16.9. The fraction of sp³-hybridized carbons (Fsp3) is 0.348. The number of hydrogen-bond donors (Lipinski definition) is 2. The second kappa shape index (κ2) is 9.37. The van der Waals surface area contributed by atoms with E-state index in [0.717, 1.165) is 50.0 Å². The van der Waals surface area contributed by atoms with Crippen LogP contribution in [0.1, 0.15) is 41.5 Å². The van der Waals surface area contributed by atoms with Crippen LogP contribution in [0.25, 0.3) is 0 Å². The van der Waals surface area contributed by atoms with Crippen molar-refractivity contribution in [3.8, 4) is 0 Å². The maximum atomic E-state index is 4.36. The lowest BCUT2D eigenvalue weighted by molar-refractivity contribution is 0.651. The highest BCUT2D eigenvalue weighted by molar-refractivity contribution is 5.79. The monoisotopic (exact) mass is 388 g/mol. The lowest BCUT2D eigenvalue weighted by Gasteiger charge is -2.19. The number of guanidine groups is 1. The van der Waals surface area contributed by atoms with E-state index in [1.807, 2.05) is 0 Å². The standard InChI is InChI=1S/C23H28N6/c1-24-23(26-17-22-28-27-21-13-8-16-29(21)22)25-15-14-20(18-9-4-2-5-10-18)19-11-6-3-7-12-19/h2-7,9-12,20H,8,13-17H2,1H3,(H2,24,25,26). The molecule has 0 fully saturated rings. The van der Waals surface area contributed by atoms with Crippen LogP contribution in [0.5, 0.6) is 0 Å². The summed E-state index contributed by atoms with van der Waals surface area (Å²) in [6.07, 6.45) is 3.17. The molecule has 0 saturated carbocycles. The van der Waals surface area contributed by atoms with Gasteiger partial charge in [0.25, 0.3) is 0 Å². The molecule has 4 rings (SSSR count). The Morgan fingerprint density at radius 2 is 1.69 bits per heavy atom. The first-order valence-corrected chi connectivity index (χ1v) is 10.3. The largest absolute Gasteiger partial charge is 0.356 e. The maximum Gasteiger partial charge on any atom is 0.191 e. The molecule has 2 heterocycles. The van der Waals surface area contributed by atoms with Crippen LogP contribution in [0, 0.1) is 0 Å². The molecule has 0 bridgehead atoms. The fourth-order valence-corrected chi connectivity index (χ4v) is 3.96. The van der Waals surface area contributed by atoms with Crippen molar-refractivity contribution in [2.45, 2.75) is 38.3 Å². The number of nitrogens with zero attached hydrogens (tertiary/aromatic N) is 4. The van der Waals surface area contributed by atoms with Crippen molar-refractivity contribution in [1.82, 2.24) is 25.4 Å². The third-order valence-electron chi connectivity index (χ3n) is 5.45. The number of aryl methyl sites for hydroxylation is 1. The molecule has 0 spiro atoms. The Kier molecular flexibility index (Phi) is 6.19. The van der Waals surface area contributed by atoms with Gasteiger partial charge in [0.15, 0.2) is 11.8 Å². The van der Waals surface area contributed by atoms with Gasteiger partial charge in [0.05, 0.1) is 6.54 Å². The van der Waals surface area contributed by atoms with Crippen LogP contribution < -0.4 is 10.6 Å². The van der Waals surface area contributed by atoms with Crippen molar-refractivity contribution in [3.05, 3.63) is 83.4 Å². The number of hydrogen-bond acceptors (Lipinski definition) is 3. The van der Waals surface area contributed by atoms with Crippen LogP contribution in [0.2, 0.25) is 0 Å². The van der Waals surface area contributed by atoms with Crippen LogP contribution in [0.3, 0.4) is 0 Å². The highest BCUT2D eigenvalue weighted by Gasteiger charge is 2.17. The van der Waals surface area contributed by atoms with Crippen LogP contribution in [-0.4, -0.2) is 34.3 Å². The normalized spacial score (nSPS) is 13.5. The van der Waals surface area contributed by atoms with E-state index < -0.39 is 0 Å². The molecule has 1 aliphatic heterocycles. The van der Waals surface area contributed by atoms with Crippen molar-refractivity contribution in [1.29, 1.82) is 0 Å². The number of nitrogens with one attached hydrogen (secondary N) is 2. The van der Waals surface area contributed by atoms with Crippen molar-refractivity contribution in [2.75, 3.05) is 13.6 Å². The number of aromatic nitrogens is 3. The predicted octanol–water partition coefficient (Wildman–Crippen LogP) is 3.11. The molecule has 0 unspecified atom stereocenters. The SMILES string of the molecule is CN=C(NCCC(c1ccccc1)c1ccccc1)NCc1nnc2n1CCC2. The molecule has 3 aromatic rings. The third-order valence-corrected chi connectivity index (χ3v) is 5.45. The molecule has 2 N–H and O–H groups in total. The molecule has 150 valence electrons. The van der Waals surface area contributed by atoms with Gasteiger partial charge in [-0.1, -0.05) is 60.7 Å². The zero-order valence-electron chi connectivity index (χ0n) is 16.9. The molecule has 0 saturated heterocycles. The molecule has 0 amide bonds. The van der Waals surface area contributed by atoms with Gasteiger partial charge in [0.1, 0.15) is 5.82 Å². The summed E-state index contributed by atoms with van der Waals surface area (Å²) in [5.41, 5.74) is 2.67. The van der Waals surface area contributed by atoms with Gasteiger partial charge in [-0.3, -0.25) is 4.99 Å². The van der Waals surface area contributed by atoms with Crippen LogP contribution in [0.4, 0.5) is 0 Å². The molecule has 0 aliphatic carbocycles. The fourth-order valence-electron chi connectivity index (χ4n) is 3.96. The molecule has 29 heavy (non-hydrogen) atoms. The van der Waals surface area contributed by atoms with Crippen LogP contribution >= 0.6 is 0 Å². The second-order valence-corrected chi connectivity index (χ2v) is 7.30. The Morgan fingerprint density at radius 1 is 1.00 bits per heavy atom. The molecule has 0 radical (unpaired) electrons. The van der Waals surface area contributed by atoms with Crippen molar-refractivity contribution in [3.63, 3.8) is 0 Å². The summed E-state index contributed by atoms with van der Waals surface area (Å²) in [4.78, 5) is 4.36. The molecule has 1 aromatic heterocycles. The van der Waals surface area contributed by atoms with E-state index in [1.165, 1.54) is 11.1 Å². The number of fused-ring (bicyclic) bond motifs is 1. The Morgan fingerprint density at radius 3 is 2.34 bits per heavy atom. The minimum atomic E-state index is 0.350. The molecule has 0 atom stereocenters. The quantitative estimate of drug-likeness (QED) is 0.482. The minimum Gasteiger partial charge on any atom is -0.356 e. The molecule has 6 nitrogen and oxygen atoms in total. The van der Waals surface area contributed by atoms with E-state index in [-0.39, 0.29) is 0 Å².